The first-order chi connectivity index (χ1) is 13.4. The molecule has 0 aliphatic heterocycles. The van der Waals surface area contributed by atoms with Crippen molar-refractivity contribution in [2.45, 2.75) is 25.7 Å². The van der Waals surface area contributed by atoms with Gasteiger partial charge in [0.1, 0.15) is 0 Å². The van der Waals surface area contributed by atoms with Crippen LogP contribution in [0.5, 0.6) is 0 Å². The van der Waals surface area contributed by atoms with Gasteiger partial charge in [-0.3, -0.25) is 4.79 Å². The summed E-state index contributed by atoms with van der Waals surface area (Å²) in [5, 5.41) is 4.86. The van der Waals surface area contributed by atoms with Crippen LogP contribution in [0.2, 0.25) is 0 Å². The number of fused-ring (bicyclic) bond motifs is 1. The second kappa shape index (κ2) is 8.12. The van der Waals surface area contributed by atoms with Gasteiger partial charge < -0.3 is 5.32 Å². The summed E-state index contributed by atoms with van der Waals surface area (Å²) in [5.74, 6) is -0.340. The van der Waals surface area contributed by atoms with E-state index in [9.17, 15) is 13.2 Å². The quantitative estimate of drug-likeness (QED) is 0.670. The van der Waals surface area contributed by atoms with E-state index in [1.54, 1.807) is 32.9 Å². The zero-order valence-corrected chi connectivity index (χ0v) is 17.1. The Morgan fingerprint density at radius 3 is 2.36 bits per heavy atom. The van der Waals surface area contributed by atoms with Crippen molar-refractivity contribution in [2.24, 2.45) is 0 Å². The molecule has 0 saturated carbocycles. The molecule has 1 N–H and O–H groups in total. The molecule has 0 unspecified atom stereocenters. The number of benzene rings is 3. The lowest BCUT2D eigenvalue weighted by molar-refractivity contribution is 0.102. The van der Waals surface area contributed by atoms with Gasteiger partial charge in [0.25, 0.3) is 5.91 Å². The Morgan fingerprint density at radius 2 is 1.64 bits per heavy atom. The number of nitrogens with one attached hydrogen (secondary N) is 1. The monoisotopic (exact) mass is 396 g/mol. The number of nitrogens with zero attached hydrogens (tertiary/aromatic N) is 1. The molecular weight excluding hydrogens is 372 g/mol. The SMILES string of the molecule is CCN(CC)S(=O)(=O)c1cc(C(=O)Nc2cccc3ccccc23)ccc1C. The van der Waals surface area contributed by atoms with E-state index in [-0.39, 0.29) is 10.8 Å². The van der Waals surface area contributed by atoms with E-state index in [4.69, 9.17) is 0 Å². The average Bonchev–Trinajstić information content (AvgIpc) is 2.69. The molecule has 3 aromatic carbocycles. The number of hydrogen-bond donors (Lipinski definition) is 1. The molecule has 1 amide bonds. The van der Waals surface area contributed by atoms with Crippen molar-refractivity contribution in [3.05, 3.63) is 71.8 Å². The minimum absolute atomic E-state index is 0.168. The molecule has 146 valence electrons. The molecule has 0 bridgehead atoms. The number of carbonyl (C=O) groups excluding carboxylic acids is 1. The van der Waals surface area contributed by atoms with Gasteiger partial charge in [-0.05, 0) is 36.1 Å². The molecule has 3 rings (SSSR count). The molecule has 0 fully saturated rings. The van der Waals surface area contributed by atoms with Crippen LogP contribution in [0.25, 0.3) is 10.8 Å². The minimum Gasteiger partial charge on any atom is -0.321 e. The summed E-state index contributed by atoms with van der Waals surface area (Å²) in [5.41, 5.74) is 1.62. The van der Waals surface area contributed by atoms with Gasteiger partial charge in [-0.2, -0.15) is 4.31 Å². The highest BCUT2D eigenvalue weighted by Gasteiger charge is 2.24. The highest BCUT2D eigenvalue weighted by atomic mass is 32.2. The Balaban J connectivity index is 1.97. The molecule has 5 nitrogen and oxygen atoms in total. The normalized spacial score (nSPS) is 11.7. The lowest BCUT2D eigenvalue weighted by Crippen LogP contribution is -2.31. The second-order valence-corrected chi connectivity index (χ2v) is 8.46. The van der Waals surface area contributed by atoms with Crippen molar-refractivity contribution in [1.82, 2.24) is 4.31 Å². The van der Waals surface area contributed by atoms with E-state index >= 15 is 0 Å². The summed E-state index contributed by atoms with van der Waals surface area (Å²) in [6.07, 6.45) is 0. The fourth-order valence-electron chi connectivity index (χ4n) is 3.25. The van der Waals surface area contributed by atoms with Crippen molar-refractivity contribution in [2.75, 3.05) is 18.4 Å². The number of rotatable bonds is 6. The maximum Gasteiger partial charge on any atom is 0.255 e. The average molecular weight is 397 g/mol. The smallest absolute Gasteiger partial charge is 0.255 e. The van der Waals surface area contributed by atoms with Gasteiger partial charge in [0, 0.05) is 29.7 Å². The van der Waals surface area contributed by atoms with Crippen molar-refractivity contribution in [3.8, 4) is 0 Å². The van der Waals surface area contributed by atoms with Crippen LogP contribution < -0.4 is 5.32 Å². The van der Waals surface area contributed by atoms with Crippen LogP contribution in [0.15, 0.2) is 65.6 Å². The zero-order chi connectivity index (χ0) is 20.3. The maximum absolute atomic E-state index is 12.9. The molecule has 0 aromatic heterocycles. The van der Waals surface area contributed by atoms with Gasteiger partial charge in [-0.25, -0.2) is 8.42 Å². The number of carbonyl (C=O) groups is 1. The summed E-state index contributed by atoms with van der Waals surface area (Å²) in [6.45, 7) is 6.10. The maximum atomic E-state index is 12.9. The molecular formula is C22H24N2O3S. The van der Waals surface area contributed by atoms with Crippen LogP contribution in [-0.2, 0) is 10.0 Å². The number of anilines is 1. The third kappa shape index (κ3) is 3.79. The largest absolute Gasteiger partial charge is 0.321 e. The molecule has 0 aliphatic carbocycles. The first kappa shape index (κ1) is 20.0. The van der Waals surface area contributed by atoms with E-state index in [2.05, 4.69) is 5.32 Å². The van der Waals surface area contributed by atoms with Crippen LogP contribution in [0, 0.1) is 6.92 Å². The highest BCUT2D eigenvalue weighted by molar-refractivity contribution is 7.89. The molecule has 0 spiro atoms. The number of sulfonamides is 1. The number of amides is 1. The van der Waals surface area contributed by atoms with Gasteiger partial charge in [-0.1, -0.05) is 56.3 Å². The Hall–Kier alpha value is -2.70. The van der Waals surface area contributed by atoms with E-state index in [1.807, 2.05) is 42.5 Å². The van der Waals surface area contributed by atoms with Crippen LogP contribution in [0.1, 0.15) is 29.8 Å². The molecule has 0 saturated heterocycles. The highest BCUT2D eigenvalue weighted by Crippen LogP contribution is 2.25. The zero-order valence-electron chi connectivity index (χ0n) is 16.3. The standard InChI is InChI=1S/C22H24N2O3S/c1-4-24(5-2)28(26,27)21-15-18(14-13-16(21)3)22(25)23-20-12-8-10-17-9-6-7-11-19(17)20/h6-15H,4-5H2,1-3H3,(H,23,25). The van der Waals surface area contributed by atoms with E-state index < -0.39 is 10.0 Å². The van der Waals surface area contributed by atoms with Crippen molar-refractivity contribution >= 4 is 32.4 Å². The van der Waals surface area contributed by atoms with Crippen LogP contribution in [0.3, 0.4) is 0 Å². The van der Waals surface area contributed by atoms with Crippen LogP contribution >= 0.6 is 0 Å². The fourth-order valence-corrected chi connectivity index (χ4v) is 4.96. The topological polar surface area (TPSA) is 66.5 Å². The summed E-state index contributed by atoms with van der Waals surface area (Å²) in [6, 6.07) is 18.3. The molecule has 0 radical (unpaired) electrons. The Kier molecular flexibility index (Phi) is 5.82. The van der Waals surface area contributed by atoms with Gasteiger partial charge in [0.15, 0.2) is 0 Å². The van der Waals surface area contributed by atoms with E-state index in [0.717, 1.165) is 10.8 Å². The summed E-state index contributed by atoms with van der Waals surface area (Å²) >= 11 is 0. The van der Waals surface area contributed by atoms with Crippen molar-refractivity contribution in [1.29, 1.82) is 0 Å². The summed E-state index contributed by atoms with van der Waals surface area (Å²) in [7, 11) is -3.64. The van der Waals surface area contributed by atoms with Crippen LogP contribution in [0.4, 0.5) is 5.69 Å². The number of aryl methyl sites for hydroxylation is 1. The van der Waals surface area contributed by atoms with Gasteiger partial charge in [-0.15, -0.1) is 0 Å². The third-order valence-electron chi connectivity index (χ3n) is 4.81. The van der Waals surface area contributed by atoms with Crippen molar-refractivity contribution in [3.63, 3.8) is 0 Å². The third-order valence-corrected chi connectivity index (χ3v) is 7.00. The Labute approximate surface area is 166 Å². The molecule has 28 heavy (non-hydrogen) atoms. The Bertz CT molecular complexity index is 1110. The molecule has 6 heteroatoms. The molecule has 0 atom stereocenters. The van der Waals surface area contributed by atoms with E-state index in [0.29, 0.717) is 29.9 Å². The lowest BCUT2D eigenvalue weighted by Gasteiger charge is -2.20. The molecule has 0 heterocycles. The second-order valence-electron chi connectivity index (χ2n) is 6.55. The molecule has 3 aromatic rings. The van der Waals surface area contributed by atoms with Gasteiger partial charge in [0.05, 0.1) is 4.90 Å². The number of hydrogen-bond acceptors (Lipinski definition) is 3. The van der Waals surface area contributed by atoms with Crippen LogP contribution in [-0.4, -0.2) is 31.7 Å². The summed E-state index contributed by atoms with van der Waals surface area (Å²) < 4.78 is 27.2. The van der Waals surface area contributed by atoms with Gasteiger partial charge >= 0.3 is 0 Å². The predicted molar refractivity (Wildman–Crippen MR) is 113 cm³/mol. The predicted octanol–water partition coefficient (Wildman–Crippen LogP) is 4.43. The lowest BCUT2D eigenvalue weighted by atomic mass is 10.1. The fraction of sp³-hybridized carbons (Fsp3) is 0.227. The first-order valence-electron chi connectivity index (χ1n) is 9.28. The minimum atomic E-state index is -3.64. The van der Waals surface area contributed by atoms with E-state index in [1.165, 1.54) is 10.4 Å². The van der Waals surface area contributed by atoms with Gasteiger partial charge in [0.2, 0.25) is 10.0 Å². The summed E-state index contributed by atoms with van der Waals surface area (Å²) in [4.78, 5) is 13.0. The van der Waals surface area contributed by atoms with Crippen molar-refractivity contribution < 1.29 is 13.2 Å². The Morgan fingerprint density at radius 1 is 0.964 bits per heavy atom. The first-order valence-corrected chi connectivity index (χ1v) is 10.7. The molecule has 0 aliphatic rings.